The predicted octanol–water partition coefficient (Wildman–Crippen LogP) is 1.70. The van der Waals surface area contributed by atoms with Crippen LogP contribution in [0.25, 0.3) is 0 Å². The van der Waals surface area contributed by atoms with Gasteiger partial charge in [-0.3, -0.25) is 9.59 Å². The number of hydrogen-bond donors (Lipinski definition) is 2. The number of carbonyl (C=O) groups excluding carboxylic acids is 2. The lowest BCUT2D eigenvalue weighted by atomic mass is 9.87. The van der Waals surface area contributed by atoms with Gasteiger partial charge in [0.1, 0.15) is 5.54 Å². The van der Waals surface area contributed by atoms with E-state index < -0.39 is 27.4 Å². The molecule has 0 spiro atoms. The van der Waals surface area contributed by atoms with Gasteiger partial charge in [-0.05, 0) is 37.1 Å². The van der Waals surface area contributed by atoms with Gasteiger partial charge in [0.2, 0.25) is 5.91 Å². The normalized spacial score (nSPS) is 14.3. The molecule has 1 rings (SSSR count). The van der Waals surface area contributed by atoms with E-state index in [0.29, 0.717) is 5.02 Å². The van der Waals surface area contributed by atoms with E-state index in [1.54, 1.807) is 13.8 Å². The zero-order valence-electron chi connectivity index (χ0n) is 12.8. The Morgan fingerprint density at radius 3 is 2.09 bits per heavy atom. The van der Waals surface area contributed by atoms with Gasteiger partial charge in [-0.1, -0.05) is 25.4 Å². The standard InChI is InChI=1S/C14H19ClN2O4S/c1-9(2)14(4,16-10(3)18)13(19)17-22(20,21)12-7-5-11(15)6-8-12/h5-9H,1-4H3,(H,16,18)(H,17,19). The quantitative estimate of drug-likeness (QED) is 0.848. The first-order valence-corrected chi connectivity index (χ1v) is 8.46. The Kier molecular flexibility index (Phi) is 5.59. The van der Waals surface area contributed by atoms with Crippen LogP contribution in [0.3, 0.4) is 0 Å². The molecule has 22 heavy (non-hydrogen) atoms. The van der Waals surface area contributed by atoms with Crippen LogP contribution in [0.2, 0.25) is 5.02 Å². The summed E-state index contributed by atoms with van der Waals surface area (Å²) in [7, 11) is -4.04. The highest BCUT2D eigenvalue weighted by Gasteiger charge is 2.39. The van der Waals surface area contributed by atoms with E-state index in [2.05, 4.69) is 5.32 Å². The fraction of sp³-hybridized carbons (Fsp3) is 0.429. The number of rotatable bonds is 5. The topological polar surface area (TPSA) is 92.3 Å². The first-order chi connectivity index (χ1) is 9.99. The van der Waals surface area contributed by atoms with Gasteiger partial charge in [0, 0.05) is 11.9 Å². The molecule has 2 amide bonds. The van der Waals surface area contributed by atoms with Crippen molar-refractivity contribution in [1.29, 1.82) is 0 Å². The Morgan fingerprint density at radius 2 is 1.68 bits per heavy atom. The van der Waals surface area contributed by atoms with Gasteiger partial charge in [0.05, 0.1) is 4.90 Å². The molecule has 1 aromatic carbocycles. The van der Waals surface area contributed by atoms with Crippen LogP contribution < -0.4 is 10.0 Å². The Bertz CT molecular complexity index is 671. The van der Waals surface area contributed by atoms with Crippen molar-refractivity contribution in [2.45, 2.75) is 38.1 Å². The highest BCUT2D eigenvalue weighted by Crippen LogP contribution is 2.19. The summed E-state index contributed by atoms with van der Waals surface area (Å²) in [6, 6.07) is 5.41. The van der Waals surface area contributed by atoms with Crippen molar-refractivity contribution < 1.29 is 18.0 Å². The number of carbonyl (C=O) groups is 2. The maximum absolute atomic E-state index is 12.4. The van der Waals surface area contributed by atoms with Crippen LogP contribution in [-0.2, 0) is 19.6 Å². The van der Waals surface area contributed by atoms with E-state index in [1.807, 2.05) is 4.72 Å². The third-order valence-electron chi connectivity index (χ3n) is 3.41. The second-order valence-electron chi connectivity index (χ2n) is 5.43. The van der Waals surface area contributed by atoms with Gasteiger partial charge >= 0.3 is 0 Å². The molecular formula is C14H19ClN2O4S. The highest BCUT2D eigenvalue weighted by atomic mass is 35.5. The summed E-state index contributed by atoms with van der Waals surface area (Å²) in [5, 5.41) is 2.89. The second-order valence-corrected chi connectivity index (χ2v) is 7.55. The fourth-order valence-corrected chi connectivity index (χ4v) is 2.92. The molecular weight excluding hydrogens is 328 g/mol. The van der Waals surface area contributed by atoms with Crippen molar-refractivity contribution in [2.75, 3.05) is 0 Å². The van der Waals surface area contributed by atoms with Gasteiger partial charge in [0.15, 0.2) is 0 Å². The molecule has 2 N–H and O–H groups in total. The maximum atomic E-state index is 12.4. The van der Waals surface area contributed by atoms with Crippen LogP contribution in [0.5, 0.6) is 0 Å². The molecule has 0 aromatic heterocycles. The van der Waals surface area contributed by atoms with E-state index in [4.69, 9.17) is 11.6 Å². The largest absolute Gasteiger partial charge is 0.342 e. The number of halogens is 1. The molecule has 0 saturated heterocycles. The molecule has 6 nitrogen and oxygen atoms in total. The molecule has 0 heterocycles. The maximum Gasteiger partial charge on any atom is 0.264 e. The zero-order valence-corrected chi connectivity index (χ0v) is 14.4. The van der Waals surface area contributed by atoms with Crippen molar-refractivity contribution in [3.63, 3.8) is 0 Å². The lowest BCUT2D eigenvalue weighted by Gasteiger charge is -2.32. The van der Waals surface area contributed by atoms with Crippen molar-refractivity contribution >= 4 is 33.4 Å². The van der Waals surface area contributed by atoms with E-state index in [9.17, 15) is 18.0 Å². The average Bonchev–Trinajstić information content (AvgIpc) is 2.37. The van der Waals surface area contributed by atoms with Crippen LogP contribution in [0.4, 0.5) is 0 Å². The molecule has 0 fully saturated rings. The molecule has 122 valence electrons. The Hall–Kier alpha value is -1.60. The number of hydrogen-bond acceptors (Lipinski definition) is 4. The molecule has 0 radical (unpaired) electrons. The molecule has 0 aliphatic heterocycles. The van der Waals surface area contributed by atoms with Gasteiger partial charge in [-0.15, -0.1) is 0 Å². The SMILES string of the molecule is CC(=O)NC(C)(C(=O)NS(=O)(=O)c1ccc(Cl)cc1)C(C)C. The average molecular weight is 347 g/mol. The van der Waals surface area contributed by atoms with Crippen LogP contribution in [0.1, 0.15) is 27.7 Å². The van der Waals surface area contributed by atoms with Crippen LogP contribution in [0.15, 0.2) is 29.2 Å². The number of benzene rings is 1. The Balaban J connectivity index is 3.07. The van der Waals surface area contributed by atoms with Crippen LogP contribution >= 0.6 is 11.6 Å². The van der Waals surface area contributed by atoms with E-state index in [0.717, 1.165) is 0 Å². The fourth-order valence-electron chi connectivity index (χ4n) is 1.73. The summed E-state index contributed by atoms with van der Waals surface area (Å²) in [6.45, 7) is 6.17. The monoisotopic (exact) mass is 346 g/mol. The van der Waals surface area contributed by atoms with E-state index in [1.165, 1.54) is 38.1 Å². The second kappa shape index (κ2) is 6.66. The summed E-state index contributed by atoms with van der Waals surface area (Å²) < 4.78 is 26.4. The van der Waals surface area contributed by atoms with Gasteiger partial charge in [-0.2, -0.15) is 0 Å². The third kappa shape index (κ3) is 4.20. The van der Waals surface area contributed by atoms with Crippen molar-refractivity contribution in [3.8, 4) is 0 Å². The number of nitrogens with one attached hydrogen (secondary N) is 2. The zero-order chi connectivity index (χ0) is 17.1. The van der Waals surface area contributed by atoms with E-state index >= 15 is 0 Å². The van der Waals surface area contributed by atoms with Crippen molar-refractivity contribution in [2.24, 2.45) is 5.92 Å². The molecule has 1 aromatic rings. The summed E-state index contributed by atoms with van der Waals surface area (Å²) in [6.07, 6.45) is 0. The molecule has 0 aliphatic rings. The van der Waals surface area contributed by atoms with Crippen molar-refractivity contribution in [1.82, 2.24) is 10.0 Å². The first kappa shape index (κ1) is 18.4. The Labute approximate surface area is 135 Å². The lowest BCUT2D eigenvalue weighted by molar-refractivity contribution is -0.132. The molecule has 1 unspecified atom stereocenters. The number of sulfonamides is 1. The summed E-state index contributed by atoms with van der Waals surface area (Å²) in [5.74, 6) is -1.53. The summed E-state index contributed by atoms with van der Waals surface area (Å²) in [5.41, 5.74) is -1.34. The third-order valence-corrected chi connectivity index (χ3v) is 5.01. The first-order valence-electron chi connectivity index (χ1n) is 6.60. The minimum absolute atomic E-state index is 0.0841. The predicted molar refractivity (Wildman–Crippen MR) is 83.8 cm³/mol. The minimum Gasteiger partial charge on any atom is -0.342 e. The van der Waals surface area contributed by atoms with Gasteiger partial charge in [-0.25, -0.2) is 13.1 Å². The van der Waals surface area contributed by atoms with Crippen LogP contribution in [-0.4, -0.2) is 25.8 Å². The smallest absolute Gasteiger partial charge is 0.264 e. The van der Waals surface area contributed by atoms with Crippen LogP contribution in [0, 0.1) is 5.92 Å². The van der Waals surface area contributed by atoms with Crippen molar-refractivity contribution in [3.05, 3.63) is 29.3 Å². The highest BCUT2D eigenvalue weighted by molar-refractivity contribution is 7.90. The van der Waals surface area contributed by atoms with Gasteiger partial charge in [0.25, 0.3) is 15.9 Å². The lowest BCUT2D eigenvalue weighted by Crippen LogP contribution is -2.60. The van der Waals surface area contributed by atoms with E-state index in [-0.39, 0.29) is 10.8 Å². The number of amides is 2. The molecule has 0 saturated carbocycles. The molecule has 0 aliphatic carbocycles. The van der Waals surface area contributed by atoms with Gasteiger partial charge < -0.3 is 5.32 Å². The molecule has 8 heteroatoms. The molecule has 1 atom stereocenters. The molecule has 0 bridgehead atoms. The summed E-state index contributed by atoms with van der Waals surface area (Å²) >= 11 is 5.71. The summed E-state index contributed by atoms with van der Waals surface area (Å²) in [4.78, 5) is 23.6. The minimum atomic E-state index is -4.04. The Morgan fingerprint density at radius 1 is 1.18 bits per heavy atom.